The molecule has 2 unspecified atom stereocenters. The fourth-order valence-electron chi connectivity index (χ4n) is 3.59. The average Bonchev–Trinajstić information content (AvgIpc) is 2.73. The third-order valence-corrected chi connectivity index (χ3v) is 7.65. The Hall–Kier alpha value is -1.74. The molecule has 0 aliphatic carbocycles. The average molecular weight is 720 g/mol. The van der Waals surface area contributed by atoms with Gasteiger partial charge < -0.3 is 0 Å². The van der Waals surface area contributed by atoms with Gasteiger partial charge in [-0.25, -0.2) is 4.39 Å². The molecule has 2 rings (SSSR count). The first-order chi connectivity index (χ1) is 17.7. The van der Waals surface area contributed by atoms with Crippen LogP contribution in [0.2, 0.25) is 0 Å². The molecule has 2 aromatic carbocycles. The molecule has 0 N–H and O–H groups in total. The van der Waals surface area contributed by atoms with E-state index >= 15 is 0 Å². The van der Waals surface area contributed by atoms with Crippen molar-refractivity contribution in [2.24, 2.45) is 5.92 Å². The normalized spacial score (nSPS) is 15.7. The van der Waals surface area contributed by atoms with Crippen molar-refractivity contribution >= 4 is 54.3 Å². The minimum Gasteiger partial charge on any atom is -0.294 e. The molecular formula is C24H18Br2F10O2S. The summed E-state index contributed by atoms with van der Waals surface area (Å²) in [5, 5.41) is 0. The zero-order chi connectivity index (χ0) is 29.9. The second-order valence-corrected chi connectivity index (χ2v) is 11.9. The lowest BCUT2D eigenvalue weighted by Crippen LogP contribution is -2.24. The molecule has 15 heteroatoms. The van der Waals surface area contributed by atoms with E-state index in [1.807, 2.05) is 0 Å². The Morgan fingerprint density at radius 1 is 0.949 bits per heavy atom. The van der Waals surface area contributed by atoms with E-state index in [9.17, 15) is 52.9 Å². The van der Waals surface area contributed by atoms with Crippen molar-refractivity contribution in [1.82, 2.24) is 0 Å². The minimum absolute atomic E-state index is 0.114. The topological polar surface area (TPSA) is 34.1 Å². The van der Waals surface area contributed by atoms with Crippen LogP contribution < -0.4 is 0 Å². The Balaban J connectivity index is 2.41. The van der Waals surface area contributed by atoms with Crippen LogP contribution >= 0.6 is 31.9 Å². The van der Waals surface area contributed by atoms with E-state index in [4.69, 9.17) is 0 Å². The third-order valence-electron chi connectivity index (χ3n) is 5.14. The van der Waals surface area contributed by atoms with Crippen LogP contribution in [0.5, 0.6) is 0 Å². The van der Waals surface area contributed by atoms with Crippen LogP contribution in [0.4, 0.5) is 43.9 Å². The summed E-state index contributed by atoms with van der Waals surface area (Å²) in [5.74, 6) is -8.56. The summed E-state index contributed by atoms with van der Waals surface area (Å²) in [6.07, 6.45) is -15.5. The Labute approximate surface area is 235 Å². The molecule has 0 aliphatic heterocycles. The standard InChI is InChI=1S/C24H18Br2F10O2S/c1-12(10-39(38)11-22(28,29)30)4-21(37)17-3-2-13(7-19(17)24(34,35)36)20(27)9-18(23(31,32)33)14-5-15(25)8-16(26)6-14/h2-3,5-9,12,18H,4,10-11H2,1H3/b20-9-/t12-,18?,39?/m0/s1. The Morgan fingerprint density at radius 2 is 1.51 bits per heavy atom. The van der Waals surface area contributed by atoms with Gasteiger partial charge in [0.2, 0.25) is 0 Å². The number of alkyl halides is 9. The molecular weight excluding hydrogens is 702 g/mol. The van der Waals surface area contributed by atoms with E-state index in [0.29, 0.717) is 12.1 Å². The highest BCUT2D eigenvalue weighted by molar-refractivity contribution is 9.11. The van der Waals surface area contributed by atoms with Crippen LogP contribution in [0.15, 0.2) is 51.4 Å². The summed E-state index contributed by atoms with van der Waals surface area (Å²) in [4.78, 5) is 12.5. The van der Waals surface area contributed by atoms with E-state index in [-0.39, 0.29) is 21.1 Å². The molecule has 0 spiro atoms. The summed E-state index contributed by atoms with van der Waals surface area (Å²) in [7, 11) is -2.41. The maximum absolute atomic E-state index is 15.0. The quantitative estimate of drug-likeness (QED) is 0.191. The van der Waals surface area contributed by atoms with Crippen LogP contribution in [0.25, 0.3) is 5.83 Å². The number of carbonyl (C=O) groups excluding carboxylic acids is 1. The first kappa shape index (κ1) is 33.5. The fraction of sp³-hybridized carbons (Fsp3) is 0.375. The zero-order valence-corrected chi connectivity index (χ0v) is 23.6. The van der Waals surface area contributed by atoms with E-state index in [1.54, 1.807) is 0 Å². The highest BCUT2D eigenvalue weighted by atomic mass is 79.9. The molecule has 0 amide bonds. The van der Waals surface area contributed by atoms with Gasteiger partial charge in [0.05, 0.1) is 5.56 Å². The molecule has 3 atom stereocenters. The largest absolute Gasteiger partial charge is 0.417 e. The number of hydrogen-bond acceptors (Lipinski definition) is 2. The number of benzene rings is 2. The van der Waals surface area contributed by atoms with Crippen LogP contribution in [0, 0.1) is 5.92 Å². The molecule has 0 saturated heterocycles. The van der Waals surface area contributed by atoms with Crippen molar-refractivity contribution in [2.75, 3.05) is 11.5 Å². The predicted molar refractivity (Wildman–Crippen MR) is 133 cm³/mol. The molecule has 0 radical (unpaired) electrons. The van der Waals surface area contributed by atoms with Gasteiger partial charge >= 0.3 is 18.5 Å². The van der Waals surface area contributed by atoms with E-state index in [0.717, 1.165) is 12.1 Å². The van der Waals surface area contributed by atoms with Gasteiger partial charge in [0.15, 0.2) is 5.78 Å². The summed E-state index contributed by atoms with van der Waals surface area (Å²) in [6, 6.07) is 5.04. The van der Waals surface area contributed by atoms with Gasteiger partial charge in [0.1, 0.15) is 17.5 Å². The number of carbonyl (C=O) groups is 1. The summed E-state index contributed by atoms with van der Waals surface area (Å²) < 4.78 is 146. The van der Waals surface area contributed by atoms with Crippen molar-refractivity contribution < 1.29 is 52.9 Å². The molecule has 0 heterocycles. The number of ketones is 1. The predicted octanol–water partition coefficient (Wildman–Crippen LogP) is 9.41. The van der Waals surface area contributed by atoms with Crippen molar-refractivity contribution in [3.63, 3.8) is 0 Å². The van der Waals surface area contributed by atoms with Gasteiger partial charge in [-0.2, -0.15) is 39.5 Å². The molecule has 0 bridgehead atoms. The molecule has 0 aliphatic rings. The number of hydrogen-bond donors (Lipinski definition) is 0. The molecule has 0 fully saturated rings. The van der Waals surface area contributed by atoms with Gasteiger partial charge in [0.25, 0.3) is 0 Å². The molecule has 2 nitrogen and oxygen atoms in total. The highest BCUT2D eigenvalue weighted by Crippen LogP contribution is 2.41. The van der Waals surface area contributed by atoms with Crippen molar-refractivity contribution in [2.45, 2.75) is 37.8 Å². The Morgan fingerprint density at radius 3 is 2.00 bits per heavy atom. The van der Waals surface area contributed by atoms with Gasteiger partial charge in [-0.05, 0) is 41.8 Å². The fourth-order valence-corrected chi connectivity index (χ4v) is 6.16. The first-order valence-electron chi connectivity index (χ1n) is 10.7. The summed E-state index contributed by atoms with van der Waals surface area (Å²) in [6.45, 7) is 1.23. The number of Topliss-reactive ketones (excluding diaryl/α,β-unsaturated/α-hetero) is 1. The maximum atomic E-state index is 15.0. The zero-order valence-electron chi connectivity index (χ0n) is 19.6. The van der Waals surface area contributed by atoms with Crippen molar-refractivity contribution in [1.29, 1.82) is 0 Å². The van der Waals surface area contributed by atoms with Crippen LogP contribution in [0.3, 0.4) is 0 Å². The lowest BCUT2D eigenvalue weighted by molar-refractivity contribution is -0.140. The smallest absolute Gasteiger partial charge is 0.294 e. The Kier molecular flexibility index (Phi) is 11.0. The Bertz CT molecular complexity index is 1230. The molecule has 0 aromatic heterocycles. The van der Waals surface area contributed by atoms with Crippen molar-refractivity contribution in [3.05, 3.63) is 73.7 Å². The minimum atomic E-state index is -5.22. The molecule has 216 valence electrons. The SMILES string of the molecule is C[C@@H](CC(=O)c1ccc(/C(F)=C/C(c2cc(Br)cc(Br)c2)C(F)(F)F)cc1C(F)(F)F)CS(=O)CC(F)(F)F. The van der Waals surface area contributed by atoms with Gasteiger partial charge in [-0.15, -0.1) is 0 Å². The lowest BCUT2D eigenvalue weighted by Gasteiger charge is -2.19. The monoisotopic (exact) mass is 718 g/mol. The van der Waals surface area contributed by atoms with Crippen LogP contribution in [-0.2, 0) is 17.0 Å². The molecule has 0 saturated carbocycles. The summed E-state index contributed by atoms with van der Waals surface area (Å²) >= 11 is 6.04. The van der Waals surface area contributed by atoms with Crippen LogP contribution in [-0.4, -0.2) is 33.9 Å². The summed E-state index contributed by atoms with van der Waals surface area (Å²) in [5.41, 5.74) is -3.86. The number of rotatable bonds is 9. The van der Waals surface area contributed by atoms with E-state index in [2.05, 4.69) is 31.9 Å². The van der Waals surface area contributed by atoms with E-state index in [1.165, 1.54) is 13.0 Å². The number of halogens is 12. The maximum Gasteiger partial charge on any atom is 0.417 e. The van der Waals surface area contributed by atoms with Gasteiger partial charge in [-0.1, -0.05) is 50.9 Å². The van der Waals surface area contributed by atoms with E-state index < -0.39 is 93.0 Å². The molecule has 2 aromatic rings. The van der Waals surface area contributed by atoms with Crippen LogP contribution in [0.1, 0.15) is 46.3 Å². The first-order valence-corrected chi connectivity index (χ1v) is 13.8. The lowest BCUT2D eigenvalue weighted by atomic mass is 9.93. The number of allylic oxidation sites excluding steroid dienone is 1. The van der Waals surface area contributed by atoms with Crippen molar-refractivity contribution in [3.8, 4) is 0 Å². The third kappa shape index (κ3) is 10.3. The molecule has 39 heavy (non-hydrogen) atoms. The second-order valence-electron chi connectivity index (χ2n) is 8.59. The van der Waals surface area contributed by atoms with Gasteiger partial charge in [0, 0.05) is 43.0 Å². The second kappa shape index (κ2) is 12.8. The van der Waals surface area contributed by atoms with Gasteiger partial charge in [-0.3, -0.25) is 9.00 Å². The highest BCUT2D eigenvalue weighted by Gasteiger charge is 2.41.